The lowest BCUT2D eigenvalue weighted by Crippen LogP contribution is -2.06. The minimum absolute atomic E-state index is 0.145. The molecule has 2 aromatic rings. The van der Waals surface area contributed by atoms with Crippen LogP contribution in [-0.2, 0) is 12.4 Å². The molecule has 21 heavy (non-hydrogen) atoms. The van der Waals surface area contributed by atoms with Crippen molar-refractivity contribution in [3.8, 4) is 16.9 Å². The van der Waals surface area contributed by atoms with Crippen molar-refractivity contribution in [3.63, 3.8) is 0 Å². The van der Waals surface area contributed by atoms with Gasteiger partial charge in [-0.3, -0.25) is 0 Å². The molecule has 0 aromatic heterocycles. The van der Waals surface area contributed by atoms with Gasteiger partial charge in [0.25, 0.3) is 0 Å². The van der Waals surface area contributed by atoms with E-state index in [1.54, 1.807) is 0 Å². The highest BCUT2D eigenvalue weighted by Gasteiger charge is 2.35. The first-order valence-electron chi connectivity index (χ1n) is 5.67. The molecule has 0 aliphatic heterocycles. The fourth-order valence-electron chi connectivity index (χ4n) is 1.87. The molecule has 2 aromatic carbocycles. The zero-order chi connectivity index (χ0) is 15.8. The smallest absolute Gasteiger partial charge is 0.419 e. The lowest BCUT2D eigenvalue weighted by atomic mass is 9.99. The second-order valence-corrected chi connectivity index (χ2v) is 4.28. The van der Waals surface area contributed by atoms with Crippen molar-refractivity contribution in [2.45, 2.75) is 12.4 Å². The Morgan fingerprint density at radius 3 is 1.95 bits per heavy atom. The van der Waals surface area contributed by atoms with Crippen molar-refractivity contribution < 1.29 is 31.4 Å². The SMILES string of the molecule is Oc1c(-c2cccc(C(F)(F)F)c2)cccc1C(F)(F)F. The summed E-state index contributed by atoms with van der Waals surface area (Å²) in [4.78, 5) is 0. The van der Waals surface area contributed by atoms with Crippen LogP contribution in [0.4, 0.5) is 26.3 Å². The highest BCUT2D eigenvalue weighted by atomic mass is 19.4. The maximum atomic E-state index is 12.7. The Balaban J connectivity index is 2.58. The van der Waals surface area contributed by atoms with Crippen LogP contribution in [0.5, 0.6) is 5.75 Å². The molecule has 112 valence electrons. The van der Waals surface area contributed by atoms with Crippen molar-refractivity contribution in [2.75, 3.05) is 0 Å². The average molecular weight is 306 g/mol. The molecule has 2 rings (SSSR count). The first-order valence-corrected chi connectivity index (χ1v) is 5.67. The number of aromatic hydroxyl groups is 1. The molecular formula is C14H8F6O. The van der Waals surface area contributed by atoms with E-state index in [1.807, 2.05) is 0 Å². The normalized spacial score (nSPS) is 12.5. The van der Waals surface area contributed by atoms with Gasteiger partial charge in [-0.1, -0.05) is 24.3 Å². The number of para-hydroxylation sites is 1. The number of hydrogen-bond donors (Lipinski definition) is 1. The van der Waals surface area contributed by atoms with E-state index in [0.29, 0.717) is 12.1 Å². The third-order valence-electron chi connectivity index (χ3n) is 2.84. The molecule has 0 aliphatic carbocycles. The topological polar surface area (TPSA) is 20.2 Å². The Morgan fingerprint density at radius 2 is 1.38 bits per heavy atom. The molecule has 0 spiro atoms. The van der Waals surface area contributed by atoms with Gasteiger partial charge in [0.05, 0.1) is 11.1 Å². The average Bonchev–Trinajstić information content (AvgIpc) is 2.37. The Kier molecular flexibility index (Phi) is 3.61. The van der Waals surface area contributed by atoms with Gasteiger partial charge in [0.1, 0.15) is 5.75 Å². The van der Waals surface area contributed by atoms with Gasteiger partial charge in [0, 0.05) is 5.56 Å². The van der Waals surface area contributed by atoms with Crippen LogP contribution in [0.2, 0.25) is 0 Å². The minimum Gasteiger partial charge on any atom is -0.507 e. The van der Waals surface area contributed by atoms with Crippen LogP contribution in [0, 0.1) is 0 Å². The Morgan fingerprint density at radius 1 is 0.762 bits per heavy atom. The Hall–Kier alpha value is -2.18. The number of benzene rings is 2. The monoisotopic (exact) mass is 306 g/mol. The molecular weight excluding hydrogens is 298 g/mol. The molecule has 1 N–H and O–H groups in total. The summed E-state index contributed by atoms with van der Waals surface area (Å²) in [5, 5.41) is 9.67. The molecule has 0 atom stereocenters. The molecule has 1 nitrogen and oxygen atoms in total. The van der Waals surface area contributed by atoms with E-state index in [9.17, 15) is 31.4 Å². The van der Waals surface area contributed by atoms with Gasteiger partial charge >= 0.3 is 12.4 Å². The summed E-state index contributed by atoms with van der Waals surface area (Å²) in [5.74, 6) is -1.09. The highest BCUT2D eigenvalue weighted by molar-refractivity contribution is 5.72. The number of phenolic OH excluding ortho intramolecular Hbond substituents is 1. The van der Waals surface area contributed by atoms with E-state index >= 15 is 0 Å². The molecule has 0 bridgehead atoms. The molecule has 0 saturated carbocycles. The van der Waals surface area contributed by atoms with Crippen molar-refractivity contribution in [2.24, 2.45) is 0 Å². The molecule has 0 saturated heterocycles. The van der Waals surface area contributed by atoms with Gasteiger partial charge in [0.15, 0.2) is 0 Å². The summed E-state index contributed by atoms with van der Waals surface area (Å²) in [6, 6.07) is 6.57. The van der Waals surface area contributed by atoms with Crippen LogP contribution < -0.4 is 0 Å². The van der Waals surface area contributed by atoms with Gasteiger partial charge < -0.3 is 5.11 Å². The van der Waals surface area contributed by atoms with E-state index in [4.69, 9.17) is 0 Å². The highest BCUT2D eigenvalue weighted by Crippen LogP contribution is 2.42. The van der Waals surface area contributed by atoms with Crippen LogP contribution in [-0.4, -0.2) is 5.11 Å². The number of phenols is 1. The summed E-state index contributed by atoms with van der Waals surface area (Å²) >= 11 is 0. The van der Waals surface area contributed by atoms with Crippen LogP contribution in [0.25, 0.3) is 11.1 Å². The lowest BCUT2D eigenvalue weighted by Gasteiger charge is -2.13. The summed E-state index contributed by atoms with van der Waals surface area (Å²) in [6.07, 6.45) is -9.41. The fourth-order valence-corrected chi connectivity index (χ4v) is 1.87. The van der Waals surface area contributed by atoms with Crippen molar-refractivity contribution >= 4 is 0 Å². The molecule has 0 heterocycles. The number of alkyl halides is 6. The zero-order valence-corrected chi connectivity index (χ0v) is 10.3. The standard InChI is InChI=1S/C14H8F6O/c15-13(16,17)9-4-1-3-8(7-9)10-5-2-6-11(12(10)21)14(18,19)20/h1-7,21H. The predicted molar refractivity (Wildman–Crippen MR) is 63.5 cm³/mol. The third kappa shape index (κ3) is 3.12. The van der Waals surface area contributed by atoms with E-state index in [1.165, 1.54) is 6.07 Å². The van der Waals surface area contributed by atoms with Crippen molar-refractivity contribution in [3.05, 3.63) is 53.6 Å². The van der Waals surface area contributed by atoms with E-state index < -0.39 is 29.2 Å². The molecule has 0 amide bonds. The second kappa shape index (κ2) is 4.98. The third-order valence-corrected chi connectivity index (χ3v) is 2.84. The summed E-state index contributed by atoms with van der Waals surface area (Å²) < 4.78 is 75.8. The van der Waals surface area contributed by atoms with Gasteiger partial charge in [-0.15, -0.1) is 0 Å². The van der Waals surface area contributed by atoms with Gasteiger partial charge in [-0.25, -0.2) is 0 Å². The molecule has 7 heteroatoms. The number of hydrogen-bond acceptors (Lipinski definition) is 1. The van der Waals surface area contributed by atoms with E-state index in [0.717, 1.165) is 24.3 Å². The number of halogens is 6. The van der Waals surface area contributed by atoms with Gasteiger partial charge in [-0.2, -0.15) is 26.3 Å². The molecule has 0 radical (unpaired) electrons. The van der Waals surface area contributed by atoms with E-state index in [-0.39, 0.29) is 11.1 Å². The van der Waals surface area contributed by atoms with Crippen molar-refractivity contribution in [1.29, 1.82) is 0 Å². The summed E-state index contributed by atoms with van der Waals surface area (Å²) in [6.45, 7) is 0. The Bertz CT molecular complexity index is 657. The van der Waals surface area contributed by atoms with Gasteiger partial charge in [-0.05, 0) is 23.8 Å². The number of rotatable bonds is 1. The lowest BCUT2D eigenvalue weighted by molar-refractivity contribution is -0.139. The summed E-state index contributed by atoms with van der Waals surface area (Å²) in [5.41, 5.74) is -2.75. The van der Waals surface area contributed by atoms with Crippen LogP contribution in [0.1, 0.15) is 11.1 Å². The predicted octanol–water partition coefficient (Wildman–Crippen LogP) is 5.10. The zero-order valence-electron chi connectivity index (χ0n) is 10.3. The first-order chi connectivity index (χ1) is 9.60. The Labute approximate surface area is 115 Å². The molecule has 0 fully saturated rings. The van der Waals surface area contributed by atoms with Gasteiger partial charge in [0.2, 0.25) is 0 Å². The van der Waals surface area contributed by atoms with Crippen LogP contribution >= 0.6 is 0 Å². The fraction of sp³-hybridized carbons (Fsp3) is 0.143. The summed E-state index contributed by atoms with van der Waals surface area (Å²) in [7, 11) is 0. The molecule has 0 aliphatic rings. The first kappa shape index (κ1) is 15.2. The largest absolute Gasteiger partial charge is 0.507 e. The second-order valence-electron chi connectivity index (χ2n) is 4.28. The van der Waals surface area contributed by atoms with Crippen LogP contribution in [0.3, 0.4) is 0 Å². The maximum Gasteiger partial charge on any atom is 0.419 e. The van der Waals surface area contributed by atoms with Crippen molar-refractivity contribution in [1.82, 2.24) is 0 Å². The van der Waals surface area contributed by atoms with E-state index in [2.05, 4.69) is 0 Å². The van der Waals surface area contributed by atoms with Crippen LogP contribution in [0.15, 0.2) is 42.5 Å². The molecule has 0 unspecified atom stereocenters. The minimum atomic E-state index is -4.79. The maximum absolute atomic E-state index is 12.7. The quantitative estimate of drug-likeness (QED) is 0.727.